The second kappa shape index (κ2) is 7.23. The summed E-state index contributed by atoms with van der Waals surface area (Å²) < 4.78 is 0. The zero-order valence-corrected chi connectivity index (χ0v) is 15.0. The van der Waals surface area contributed by atoms with Gasteiger partial charge in [-0.25, -0.2) is 9.97 Å². The molecule has 1 aliphatic heterocycles. The first-order valence-corrected chi connectivity index (χ1v) is 8.43. The molecule has 0 aromatic carbocycles. The predicted molar refractivity (Wildman–Crippen MR) is 97.1 cm³/mol. The summed E-state index contributed by atoms with van der Waals surface area (Å²) in [4.78, 5) is 18.2. The Labute approximate surface area is 143 Å². The molecule has 128 valence electrons. The van der Waals surface area contributed by atoms with Crippen LogP contribution in [0.2, 0.25) is 0 Å². The lowest BCUT2D eigenvalue weighted by Gasteiger charge is -2.37. The molecule has 0 bridgehead atoms. The third kappa shape index (κ3) is 3.71. The molecule has 0 unspecified atom stereocenters. The summed E-state index contributed by atoms with van der Waals surface area (Å²) in [6.45, 7) is 8.30. The molecule has 6 nitrogen and oxygen atoms in total. The van der Waals surface area contributed by atoms with Crippen molar-refractivity contribution in [1.82, 2.24) is 24.8 Å². The smallest absolute Gasteiger partial charge is 0.161 e. The van der Waals surface area contributed by atoms with Crippen molar-refractivity contribution in [1.29, 1.82) is 0 Å². The Morgan fingerprint density at radius 2 is 1.88 bits per heavy atom. The number of nitrogens with zero attached hydrogens (tertiary/aromatic N) is 5. The van der Waals surface area contributed by atoms with E-state index in [0.717, 1.165) is 54.6 Å². The molecule has 3 rings (SSSR count). The quantitative estimate of drug-likeness (QED) is 0.925. The van der Waals surface area contributed by atoms with E-state index in [1.165, 1.54) is 0 Å². The van der Waals surface area contributed by atoms with Crippen molar-refractivity contribution in [3.8, 4) is 11.4 Å². The topological polar surface area (TPSA) is 57.2 Å². The molecule has 0 spiro atoms. The van der Waals surface area contributed by atoms with Gasteiger partial charge in [0.25, 0.3) is 0 Å². The second-order valence-corrected chi connectivity index (χ2v) is 6.62. The van der Waals surface area contributed by atoms with E-state index in [2.05, 4.69) is 46.1 Å². The van der Waals surface area contributed by atoms with E-state index in [-0.39, 0.29) is 0 Å². The first-order valence-electron chi connectivity index (χ1n) is 8.43. The Morgan fingerprint density at radius 3 is 2.62 bits per heavy atom. The zero-order chi connectivity index (χ0) is 17.1. The Hall–Kier alpha value is -2.05. The van der Waals surface area contributed by atoms with Gasteiger partial charge in [0, 0.05) is 61.4 Å². The van der Waals surface area contributed by atoms with E-state index in [9.17, 15) is 0 Å². The van der Waals surface area contributed by atoms with Crippen LogP contribution >= 0.6 is 0 Å². The summed E-state index contributed by atoms with van der Waals surface area (Å²) in [5.74, 6) is 1.67. The van der Waals surface area contributed by atoms with Crippen LogP contribution < -0.4 is 5.32 Å². The SMILES string of the molecule is Cc1nc(-c2ccncc2)nc(NC[C@@H]2CN(C)CCN2C)c1C. The molecule has 1 aliphatic rings. The van der Waals surface area contributed by atoms with Crippen LogP contribution in [0.1, 0.15) is 11.3 Å². The molecule has 0 amide bonds. The highest BCUT2D eigenvalue weighted by molar-refractivity contribution is 5.59. The first kappa shape index (κ1) is 16.8. The molecule has 1 saturated heterocycles. The minimum Gasteiger partial charge on any atom is -0.368 e. The van der Waals surface area contributed by atoms with Crippen molar-refractivity contribution in [2.24, 2.45) is 0 Å². The molecular formula is C18H26N6. The number of hydrogen-bond acceptors (Lipinski definition) is 6. The lowest BCUT2D eigenvalue weighted by molar-refractivity contribution is 0.122. The van der Waals surface area contributed by atoms with Crippen LogP contribution in [0.25, 0.3) is 11.4 Å². The third-order valence-corrected chi connectivity index (χ3v) is 4.81. The van der Waals surface area contributed by atoms with E-state index in [4.69, 9.17) is 4.98 Å². The molecule has 1 N–H and O–H groups in total. The summed E-state index contributed by atoms with van der Waals surface area (Å²) in [7, 11) is 4.38. The summed E-state index contributed by atoms with van der Waals surface area (Å²) in [5, 5.41) is 3.55. The Morgan fingerprint density at radius 1 is 1.12 bits per heavy atom. The molecule has 0 aliphatic carbocycles. The van der Waals surface area contributed by atoms with Crippen LogP contribution in [0.3, 0.4) is 0 Å². The largest absolute Gasteiger partial charge is 0.368 e. The number of pyridine rings is 1. The highest BCUT2D eigenvalue weighted by atomic mass is 15.3. The maximum Gasteiger partial charge on any atom is 0.161 e. The van der Waals surface area contributed by atoms with Gasteiger partial charge in [-0.2, -0.15) is 0 Å². The maximum atomic E-state index is 4.75. The lowest BCUT2D eigenvalue weighted by atomic mass is 10.1. The Bertz CT molecular complexity index is 687. The first-order chi connectivity index (χ1) is 11.5. The lowest BCUT2D eigenvalue weighted by Crippen LogP contribution is -2.52. The molecule has 3 heterocycles. The number of aryl methyl sites for hydroxylation is 1. The van der Waals surface area contributed by atoms with Crippen LogP contribution in [0, 0.1) is 13.8 Å². The van der Waals surface area contributed by atoms with Crippen molar-refractivity contribution in [2.45, 2.75) is 19.9 Å². The summed E-state index contributed by atoms with van der Waals surface area (Å²) in [6.07, 6.45) is 3.54. The van der Waals surface area contributed by atoms with Gasteiger partial charge in [-0.05, 0) is 40.1 Å². The third-order valence-electron chi connectivity index (χ3n) is 4.81. The number of hydrogen-bond donors (Lipinski definition) is 1. The highest BCUT2D eigenvalue weighted by Crippen LogP contribution is 2.21. The van der Waals surface area contributed by atoms with Gasteiger partial charge in [0.05, 0.1) is 0 Å². The molecule has 0 saturated carbocycles. The summed E-state index contributed by atoms with van der Waals surface area (Å²) >= 11 is 0. The van der Waals surface area contributed by atoms with Gasteiger partial charge in [-0.3, -0.25) is 9.88 Å². The number of piperazine rings is 1. The Balaban J connectivity index is 1.79. The van der Waals surface area contributed by atoms with Gasteiger partial charge in [-0.1, -0.05) is 0 Å². The van der Waals surface area contributed by atoms with Crippen molar-refractivity contribution < 1.29 is 0 Å². The van der Waals surface area contributed by atoms with Crippen molar-refractivity contribution in [3.63, 3.8) is 0 Å². The predicted octanol–water partition coefficient (Wildman–Crippen LogP) is 1.81. The minimum atomic E-state index is 0.489. The molecule has 2 aromatic rings. The van der Waals surface area contributed by atoms with Crippen molar-refractivity contribution >= 4 is 5.82 Å². The van der Waals surface area contributed by atoms with Crippen LogP contribution in [-0.4, -0.2) is 71.1 Å². The molecule has 1 fully saturated rings. The van der Waals surface area contributed by atoms with Gasteiger partial charge in [-0.15, -0.1) is 0 Å². The number of rotatable bonds is 4. The fraction of sp³-hybridized carbons (Fsp3) is 0.500. The van der Waals surface area contributed by atoms with Crippen LogP contribution in [-0.2, 0) is 0 Å². The van der Waals surface area contributed by atoms with E-state index in [0.29, 0.717) is 6.04 Å². The van der Waals surface area contributed by atoms with Gasteiger partial charge in [0.2, 0.25) is 0 Å². The fourth-order valence-corrected chi connectivity index (χ4v) is 2.97. The van der Waals surface area contributed by atoms with E-state index < -0.39 is 0 Å². The second-order valence-electron chi connectivity index (χ2n) is 6.62. The fourth-order valence-electron chi connectivity index (χ4n) is 2.97. The van der Waals surface area contributed by atoms with E-state index >= 15 is 0 Å². The average molecular weight is 326 g/mol. The minimum absolute atomic E-state index is 0.489. The number of aromatic nitrogens is 3. The molecular weight excluding hydrogens is 300 g/mol. The van der Waals surface area contributed by atoms with Gasteiger partial charge >= 0.3 is 0 Å². The van der Waals surface area contributed by atoms with Crippen LogP contribution in [0.15, 0.2) is 24.5 Å². The highest BCUT2D eigenvalue weighted by Gasteiger charge is 2.22. The summed E-state index contributed by atoms with van der Waals surface area (Å²) in [6, 6.07) is 4.37. The van der Waals surface area contributed by atoms with Gasteiger partial charge in [0.15, 0.2) is 5.82 Å². The molecule has 24 heavy (non-hydrogen) atoms. The molecule has 1 atom stereocenters. The average Bonchev–Trinajstić information content (AvgIpc) is 2.59. The van der Waals surface area contributed by atoms with Crippen molar-refractivity contribution in [3.05, 3.63) is 35.8 Å². The zero-order valence-electron chi connectivity index (χ0n) is 15.0. The normalized spacial score (nSPS) is 19.4. The van der Waals surface area contributed by atoms with Crippen LogP contribution in [0.5, 0.6) is 0 Å². The Kier molecular flexibility index (Phi) is 5.06. The molecule has 6 heteroatoms. The van der Waals surface area contributed by atoms with Gasteiger partial charge in [0.1, 0.15) is 5.82 Å². The number of nitrogens with one attached hydrogen (secondary N) is 1. The van der Waals surface area contributed by atoms with E-state index in [1.807, 2.05) is 19.1 Å². The van der Waals surface area contributed by atoms with E-state index in [1.54, 1.807) is 12.4 Å². The maximum absolute atomic E-state index is 4.75. The monoisotopic (exact) mass is 326 g/mol. The molecule has 2 aromatic heterocycles. The number of anilines is 1. The van der Waals surface area contributed by atoms with Gasteiger partial charge < -0.3 is 10.2 Å². The standard InChI is InChI=1S/C18H26N6/c1-13-14(2)21-18(15-5-7-19-8-6-15)22-17(13)20-11-16-12-23(3)9-10-24(16)4/h5-8,16H,9-12H2,1-4H3,(H,20,21,22)/t16-/m1/s1. The molecule has 0 radical (unpaired) electrons. The summed E-state index contributed by atoms with van der Waals surface area (Å²) in [5.41, 5.74) is 3.11. The van der Waals surface area contributed by atoms with Crippen LogP contribution in [0.4, 0.5) is 5.82 Å². The number of likely N-dealkylation sites (N-methyl/N-ethyl adjacent to an activating group) is 2. The van der Waals surface area contributed by atoms with Crippen molar-refractivity contribution in [2.75, 3.05) is 45.6 Å².